The SMILES string of the molecule is CCCCC/C=C\C/C=C\C/C=C\CCCCCCC(=O)OC[C@H](COP(=O)(O)OCCN)OC(=O)CCC/C=C\C/C=C\C/C=C\C/C=C\CCCCCO. The monoisotopic (exact) mass is 806 g/mol. The van der Waals surface area contributed by atoms with Gasteiger partial charge >= 0.3 is 19.8 Å². The second-order valence-corrected chi connectivity index (χ2v) is 15.0. The maximum Gasteiger partial charge on any atom is 0.472 e. The van der Waals surface area contributed by atoms with E-state index in [0.717, 1.165) is 83.5 Å². The van der Waals surface area contributed by atoms with E-state index in [2.05, 4.69) is 85.9 Å². The summed E-state index contributed by atoms with van der Waals surface area (Å²) in [7, 11) is -4.41. The molecule has 0 saturated carbocycles. The average Bonchev–Trinajstić information content (AvgIpc) is 3.18. The highest BCUT2D eigenvalue weighted by Crippen LogP contribution is 2.43. The molecule has 0 aromatic carbocycles. The lowest BCUT2D eigenvalue weighted by molar-refractivity contribution is -0.161. The lowest BCUT2D eigenvalue weighted by Crippen LogP contribution is -2.29. The van der Waals surface area contributed by atoms with E-state index in [0.29, 0.717) is 19.3 Å². The van der Waals surface area contributed by atoms with E-state index in [1.807, 2.05) is 6.08 Å². The second-order valence-electron chi connectivity index (χ2n) is 13.6. The van der Waals surface area contributed by atoms with E-state index in [-0.39, 0.29) is 39.2 Å². The second kappa shape index (κ2) is 41.8. The first-order valence-corrected chi connectivity index (χ1v) is 22.7. The highest BCUT2D eigenvalue weighted by Gasteiger charge is 2.25. The molecule has 0 spiro atoms. The summed E-state index contributed by atoms with van der Waals surface area (Å²) in [5.41, 5.74) is 5.34. The molecule has 11 heteroatoms. The molecule has 0 aliphatic rings. The van der Waals surface area contributed by atoms with Crippen molar-refractivity contribution in [3.8, 4) is 0 Å². The van der Waals surface area contributed by atoms with Crippen molar-refractivity contribution in [2.45, 2.75) is 154 Å². The quantitative estimate of drug-likeness (QED) is 0.0237. The Bertz CT molecular complexity index is 1190. The summed E-state index contributed by atoms with van der Waals surface area (Å²) in [6.45, 7) is 1.59. The molecule has 0 amide bonds. The summed E-state index contributed by atoms with van der Waals surface area (Å²) < 4.78 is 32.6. The summed E-state index contributed by atoms with van der Waals surface area (Å²) in [5, 5.41) is 8.79. The van der Waals surface area contributed by atoms with E-state index < -0.39 is 32.5 Å². The number of ether oxygens (including phenoxy) is 2. The van der Waals surface area contributed by atoms with Crippen molar-refractivity contribution >= 4 is 19.8 Å². The van der Waals surface area contributed by atoms with Crippen LogP contribution in [0.5, 0.6) is 0 Å². The van der Waals surface area contributed by atoms with Gasteiger partial charge in [-0.15, -0.1) is 0 Å². The predicted octanol–water partition coefficient (Wildman–Crippen LogP) is 11.0. The Morgan fingerprint density at radius 3 is 1.52 bits per heavy atom. The first-order chi connectivity index (χ1) is 27.3. The Balaban J connectivity index is 4.33. The van der Waals surface area contributed by atoms with Crippen molar-refractivity contribution in [2.75, 3.05) is 33.0 Å². The van der Waals surface area contributed by atoms with Gasteiger partial charge < -0.3 is 25.2 Å². The Morgan fingerprint density at radius 2 is 1.02 bits per heavy atom. The lowest BCUT2D eigenvalue weighted by atomic mass is 10.1. The van der Waals surface area contributed by atoms with Crippen molar-refractivity contribution in [3.05, 3.63) is 85.1 Å². The van der Waals surface area contributed by atoms with Crippen LogP contribution in [0.1, 0.15) is 148 Å². The van der Waals surface area contributed by atoms with Crippen LogP contribution in [0, 0.1) is 0 Å². The number of aliphatic hydroxyl groups excluding tert-OH is 1. The van der Waals surface area contributed by atoms with Gasteiger partial charge in [-0.3, -0.25) is 18.6 Å². The van der Waals surface area contributed by atoms with Crippen LogP contribution < -0.4 is 5.73 Å². The Labute approximate surface area is 339 Å². The molecule has 1 unspecified atom stereocenters. The number of hydrogen-bond acceptors (Lipinski definition) is 9. The van der Waals surface area contributed by atoms with Crippen LogP contribution >= 0.6 is 7.82 Å². The van der Waals surface area contributed by atoms with Crippen LogP contribution in [-0.2, 0) is 32.7 Å². The van der Waals surface area contributed by atoms with Crippen LogP contribution in [0.4, 0.5) is 0 Å². The van der Waals surface area contributed by atoms with Gasteiger partial charge in [0.1, 0.15) is 6.61 Å². The molecular formula is C45H76NO9P. The van der Waals surface area contributed by atoms with Crippen LogP contribution in [0.25, 0.3) is 0 Å². The van der Waals surface area contributed by atoms with E-state index in [4.69, 9.17) is 29.4 Å². The zero-order chi connectivity index (χ0) is 41.1. The van der Waals surface area contributed by atoms with Gasteiger partial charge in [-0.25, -0.2) is 4.57 Å². The Hall–Kier alpha value is -2.85. The standard InChI is InChI=1S/C45H76NO9P/c1-2-3-4-5-6-7-8-9-10-12-15-18-21-24-27-30-33-36-44(48)52-41-43(42-54-56(50,51)53-40-38-46)55-45(49)37-34-31-28-25-22-19-16-13-11-14-17-20-23-26-29-32-35-39-47/h6-7,9-11,14-16,18-20,23,25,28,43,47H,2-5,8,12-13,17,21-22,24,26-27,29-42,46H2,1H3,(H,50,51)/b7-6-,10-9-,14-11-,18-15-,19-16-,23-20-,28-25-/t43-/m1/s1. The zero-order valence-corrected chi connectivity index (χ0v) is 35.4. The number of carbonyl (C=O) groups is 2. The molecule has 0 fully saturated rings. The van der Waals surface area contributed by atoms with Gasteiger partial charge in [0.25, 0.3) is 0 Å². The summed E-state index contributed by atoms with van der Waals surface area (Å²) in [6.07, 6.45) is 49.1. The summed E-state index contributed by atoms with van der Waals surface area (Å²) >= 11 is 0. The van der Waals surface area contributed by atoms with Crippen molar-refractivity contribution in [2.24, 2.45) is 5.73 Å². The average molecular weight is 806 g/mol. The zero-order valence-electron chi connectivity index (χ0n) is 34.5. The molecule has 10 nitrogen and oxygen atoms in total. The Kier molecular flexibility index (Phi) is 39.6. The fourth-order valence-electron chi connectivity index (χ4n) is 5.14. The largest absolute Gasteiger partial charge is 0.472 e. The molecule has 0 aromatic rings. The number of aliphatic hydroxyl groups is 1. The number of allylic oxidation sites excluding steroid dienone is 14. The highest BCUT2D eigenvalue weighted by molar-refractivity contribution is 7.47. The highest BCUT2D eigenvalue weighted by atomic mass is 31.2. The number of nitrogens with two attached hydrogens (primary N) is 1. The first-order valence-electron chi connectivity index (χ1n) is 21.2. The molecule has 2 atom stereocenters. The van der Waals surface area contributed by atoms with Crippen molar-refractivity contribution in [3.63, 3.8) is 0 Å². The van der Waals surface area contributed by atoms with E-state index in [1.54, 1.807) is 0 Å². The summed E-state index contributed by atoms with van der Waals surface area (Å²) in [4.78, 5) is 34.8. The first kappa shape index (κ1) is 53.1. The molecular weight excluding hydrogens is 729 g/mol. The summed E-state index contributed by atoms with van der Waals surface area (Å²) in [6, 6.07) is 0. The van der Waals surface area contributed by atoms with Gasteiger partial charge in [-0.1, -0.05) is 124 Å². The third-order valence-corrected chi connectivity index (χ3v) is 9.29. The molecule has 0 saturated heterocycles. The minimum Gasteiger partial charge on any atom is -0.462 e. The number of carbonyl (C=O) groups excluding carboxylic acids is 2. The molecule has 0 radical (unpaired) electrons. The summed E-state index contributed by atoms with van der Waals surface area (Å²) in [5.74, 6) is -0.943. The van der Waals surface area contributed by atoms with Crippen LogP contribution in [0.3, 0.4) is 0 Å². The lowest BCUT2D eigenvalue weighted by Gasteiger charge is -2.19. The number of esters is 2. The van der Waals surface area contributed by atoms with Crippen molar-refractivity contribution in [1.82, 2.24) is 0 Å². The number of rotatable bonds is 39. The molecule has 0 aliphatic carbocycles. The Morgan fingerprint density at radius 1 is 0.571 bits per heavy atom. The van der Waals surface area contributed by atoms with E-state index >= 15 is 0 Å². The van der Waals surface area contributed by atoms with Gasteiger partial charge in [-0.2, -0.15) is 0 Å². The van der Waals surface area contributed by atoms with Crippen LogP contribution in [0.2, 0.25) is 0 Å². The molecule has 0 bridgehead atoms. The number of phosphoric acid groups is 1. The van der Waals surface area contributed by atoms with Crippen LogP contribution in [0.15, 0.2) is 85.1 Å². The molecule has 0 aromatic heterocycles. The normalized spacial score (nSPS) is 14.1. The fourth-order valence-corrected chi connectivity index (χ4v) is 5.91. The van der Waals surface area contributed by atoms with Crippen molar-refractivity contribution < 1.29 is 42.7 Å². The molecule has 0 rings (SSSR count). The van der Waals surface area contributed by atoms with Crippen LogP contribution in [-0.4, -0.2) is 61.0 Å². The minimum absolute atomic E-state index is 0.0322. The maximum atomic E-state index is 12.6. The molecule has 4 N–H and O–H groups in total. The van der Waals surface area contributed by atoms with Crippen molar-refractivity contribution in [1.29, 1.82) is 0 Å². The number of unbranched alkanes of at least 4 members (excludes halogenated alkanes) is 11. The minimum atomic E-state index is -4.41. The fraction of sp³-hybridized carbons (Fsp3) is 0.644. The topological polar surface area (TPSA) is 155 Å². The molecule has 0 heterocycles. The number of hydrogen-bond donors (Lipinski definition) is 3. The molecule has 320 valence electrons. The van der Waals surface area contributed by atoms with Gasteiger partial charge in [-0.05, 0) is 96.3 Å². The predicted molar refractivity (Wildman–Crippen MR) is 230 cm³/mol. The van der Waals surface area contributed by atoms with Gasteiger partial charge in [0.2, 0.25) is 0 Å². The van der Waals surface area contributed by atoms with E-state index in [9.17, 15) is 19.0 Å². The van der Waals surface area contributed by atoms with Gasteiger partial charge in [0, 0.05) is 26.0 Å². The molecule has 0 aliphatic heterocycles. The third kappa shape index (κ3) is 40.8. The van der Waals surface area contributed by atoms with E-state index in [1.165, 1.54) is 25.7 Å². The smallest absolute Gasteiger partial charge is 0.462 e. The van der Waals surface area contributed by atoms with Gasteiger partial charge in [0.05, 0.1) is 13.2 Å². The number of phosphoric ester groups is 1. The third-order valence-electron chi connectivity index (χ3n) is 8.31. The van der Waals surface area contributed by atoms with Gasteiger partial charge in [0.15, 0.2) is 6.10 Å². The molecule has 56 heavy (non-hydrogen) atoms. The maximum absolute atomic E-state index is 12.6.